The summed E-state index contributed by atoms with van der Waals surface area (Å²) in [4.78, 5) is 28.1. The summed E-state index contributed by atoms with van der Waals surface area (Å²) >= 11 is 0. The highest BCUT2D eigenvalue weighted by molar-refractivity contribution is 6.03. The molecule has 1 atom stereocenters. The highest BCUT2D eigenvalue weighted by Crippen LogP contribution is 2.32. The van der Waals surface area contributed by atoms with Crippen LogP contribution in [0.1, 0.15) is 47.6 Å². The fourth-order valence-corrected chi connectivity index (χ4v) is 4.80. The minimum absolute atomic E-state index is 0.00653. The van der Waals surface area contributed by atoms with Gasteiger partial charge in [0.1, 0.15) is 12.1 Å². The summed E-state index contributed by atoms with van der Waals surface area (Å²) < 4.78 is 39.4. The molecule has 0 bridgehead atoms. The predicted octanol–water partition coefficient (Wildman–Crippen LogP) is 5.57. The van der Waals surface area contributed by atoms with E-state index in [4.69, 9.17) is 5.73 Å². The van der Waals surface area contributed by atoms with E-state index in [0.717, 1.165) is 50.7 Å². The van der Waals surface area contributed by atoms with E-state index in [-0.39, 0.29) is 17.2 Å². The van der Waals surface area contributed by atoms with E-state index in [2.05, 4.69) is 20.9 Å². The lowest BCUT2D eigenvalue weighted by Gasteiger charge is -2.27. The van der Waals surface area contributed by atoms with Crippen molar-refractivity contribution in [3.8, 4) is 6.07 Å². The first-order chi connectivity index (χ1) is 20.6. The number of nitrogens with one attached hydrogen (secondary N) is 3. The lowest BCUT2D eigenvalue weighted by atomic mass is 10.0. The van der Waals surface area contributed by atoms with Crippen LogP contribution in [0.25, 0.3) is 6.08 Å². The number of nitrogen functional groups attached to an aromatic ring is 1. The number of alkyl halides is 3. The Hall–Kier alpha value is -4.66. The van der Waals surface area contributed by atoms with Gasteiger partial charge in [-0.05, 0) is 73.5 Å². The topological polar surface area (TPSA) is 123 Å². The van der Waals surface area contributed by atoms with E-state index in [1.165, 1.54) is 12.5 Å². The molecule has 4 rings (SSSR count). The van der Waals surface area contributed by atoms with Gasteiger partial charge in [-0.25, -0.2) is 0 Å². The van der Waals surface area contributed by atoms with Gasteiger partial charge in [0.15, 0.2) is 0 Å². The molecule has 43 heavy (non-hydrogen) atoms. The Kier molecular flexibility index (Phi) is 10.5. The Bertz CT molecular complexity index is 1490. The van der Waals surface area contributed by atoms with Gasteiger partial charge in [-0.15, -0.1) is 0 Å². The molecule has 1 saturated heterocycles. The van der Waals surface area contributed by atoms with Gasteiger partial charge < -0.3 is 26.6 Å². The molecular weight excluding hydrogens is 557 g/mol. The monoisotopic (exact) mass is 590 g/mol. The number of hydrogen-bond donors (Lipinski definition) is 4. The average molecular weight is 591 g/mol. The van der Waals surface area contributed by atoms with Crippen LogP contribution in [-0.4, -0.2) is 42.9 Å². The fraction of sp³-hybridized carbons (Fsp3) is 0.281. The zero-order valence-corrected chi connectivity index (χ0v) is 23.5. The molecule has 0 aromatic heterocycles. The number of carbonyl (C=O) groups excluding carboxylic acids is 2. The number of carbonyl (C=O) groups is 2. The third kappa shape index (κ3) is 8.91. The zero-order chi connectivity index (χ0) is 30.8. The number of rotatable bonds is 10. The van der Waals surface area contributed by atoms with Crippen molar-refractivity contribution in [3.63, 3.8) is 0 Å². The second-order valence-electron chi connectivity index (χ2n) is 10.2. The van der Waals surface area contributed by atoms with Gasteiger partial charge in [0.2, 0.25) is 11.8 Å². The first kappa shape index (κ1) is 31.3. The number of nitriles is 1. The summed E-state index contributed by atoms with van der Waals surface area (Å²) in [6, 6.07) is 17.4. The Labute approximate surface area is 248 Å². The molecule has 3 aromatic rings. The summed E-state index contributed by atoms with van der Waals surface area (Å²) in [5.74, 6) is -0.874. The molecule has 0 radical (unpaired) electrons. The van der Waals surface area contributed by atoms with Crippen molar-refractivity contribution in [2.45, 2.75) is 31.5 Å². The highest BCUT2D eigenvalue weighted by atomic mass is 19.4. The Morgan fingerprint density at radius 3 is 2.37 bits per heavy atom. The number of nitrogens with two attached hydrogens (primary N) is 1. The number of piperidine rings is 1. The summed E-state index contributed by atoms with van der Waals surface area (Å²) in [5, 5.41) is 18.1. The Balaban J connectivity index is 1.48. The number of hydrogen-bond acceptors (Lipinski definition) is 6. The van der Waals surface area contributed by atoms with Crippen LogP contribution in [0, 0.1) is 11.3 Å². The van der Waals surface area contributed by atoms with Crippen molar-refractivity contribution < 1.29 is 22.8 Å². The van der Waals surface area contributed by atoms with Crippen molar-refractivity contribution in [2.24, 2.45) is 0 Å². The quantitative estimate of drug-likeness (QED) is 0.181. The van der Waals surface area contributed by atoms with Crippen LogP contribution in [0.2, 0.25) is 0 Å². The van der Waals surface area contributed by atoms with E-state index < -0.39 is 23.7 Å². The summed E-state index contributed by atoms with van der Waals surface area (Å²) in [6.07, 6.45) is 1.83. The highest BCUT2D eigenvalue weighted by Gasteiger charge is 2.31. The van der Waals surface area contributed by atoms with E-state index in [9.17, 15) is 28.0 Å². The van der Waals surface area contributed by atoms with Crippen molar-refractivity contribution in [2.75, 3.05) is 42.5 Å². The van der Waals surface area contributed by atoms with E-state index in [1.54, 1.807) is 60.7 Å². The molecular formula is C32H33F3N6O2. The number of nitrogens with zero attached hydrogens (tertiary/aromatic N) is 2. The van der Waals surface area contributed by atoms with E-state index in [1.807, 2.05) is 0 Å². The largest absolute Gasteiger partial charge is 0.416 e. The number of likely N-dealkylation sites (tertiary alicyclic amines) is 1. The molecule has 2 amide bonds. The lowest BCUT2D eigenvalue weighted by molar-refractivity contribution is -0.137. The predicted molar refractivity (Wildman–Crippen MR) is 161 cm³/mol. The standard InChI is InChI=1S/C32H33F3N6O2/c33-32(34,35)25-13-14-27(24(20-25)21-36)40-31(43)30(38-16-19-41-17-4-1-5-18-41)23-11-8-22(9-12-23)10-15-29(42)39-28-7-3-2-6-26(28)37/h2-3,6-15,20,30,38H,1,4-5,16-19,37H2,(H,39,42)(H,40,43). The van der Waals surface area contributed by atoms with Gasteiger partial charge in [-0.2, -0.15) is 18.4 Å². The Morgan fingerprint density at radius 2 is 1.70 bits per heavy atom. The van der Waals surface area contributed by atoms with Gasteiger partial charge in [-0.3, -0.25) is 9.59 Å². The third-order valence-corrected chi connectivity index (χ3v) is 7.13. The summed E-state index contributed by atoms with van der Waals surface area (Å²) in [5.41, 5.74) is 6.88. The number of amides is 2. The van der Waals surface area contributed by atoms with Gasteiger partial charge in [-0.1, -0.05) is 42.8 Å². The molecule has 8 nitrogen and oxygen atoms in total. The first-order valence-corrected chi connectivity index (χ1v) is 14.0. The lowest BCUT2D eigenvalue weighted by Crippen LogP contribution is -2.40. The van der Waals surface area contributed by atoms with E-state index in [0.29, 0.717) is 29.0 Å². The van der Waals surface area contributed by atoms with Crippen LogP contribution >= 0.6 is 0 Å². The number of para-hydroxylation sites is 2. The molecule has 224 valence electrons. The maximum absolute atomic E-state index is 13.5. The van der Waals surface area contributed by atoms with Gasteiger partial charge in [0.05, 0.1) is 28.2 Å². The Morgan fingerprint density at radius 1 is 0.977 bits per heavy atom. The average Bonchev–Trinajstić information content (AvgIpc) is 3.00. The van der Waals surface area contributed by atoms with Gasteiger partial charge >= 0.3 is 6.18 Å². The molecule has 1 unspecified atom stereocenters. The molecule has 5 N–H and O–H groups in total. The van der Waals surface area contributed by atoms with Crippen LogP contribution < -0.4 is 21.7 Å². The molecule has 0 saturated carbocycles. The summed E-state index contributed by atoms with van der Waals surface area (Å²) in [7, 11) is 0. The maximum Gasteiger partial charge on any atom is 0.416 e. The fourth-order valence-electron chi connectivity index (χ4n) is 4.80. The molecule has 1 fully saturated rings. The zero-order valence-electron chi connectivity index (χ0n) is 23.5. The molecule has 11 heteroatoms. The molecule has 0 aliphatic carbocycles. The molecule has 1 aliphatic heterocycles. The normalized spacial score (nSPS) is 14.7. The second kappa shape index (κ2) is 14.5. The van der Waals surface area contributed by atoms with E-state index >= 15 is 0 Å². The van der Waals surface area contributed by atoms with Gasteiger partial charge in [0.25, 0.3) is 0 Å². The van der Waals surface area contributed by atoms with Crippen LogP contribution in [0.15, 0.2) is 72.8 Å². The SMILES string of the molecule is N#Cc1cc(C(F)(F)F)ccc1NC(=O)C(NCCN1CCCCC1)c1ccc(C=CC(=O)Nc2ccccc2N)cc1. The van der Waals surface area contributed by atoms with Crippen molar-refractivity contribution >= 4 is 35.0 Å². The molecule has 0 spiro atoms. The summed E-state index contributed by atoms with van der Waals surface area (Å²) in [6.45, 7) is 3.21. The van der Waals surface area contributed by atoms with Crippen molar-refractivity contribution in [1.29, 1.82) is 5.26 Å². The molecule has 1 heterocycles. The van der Waals surface area contributed by atoms with Crippen LogP contribution in [0.4, 0.5) is 30.2 Å². The number of anilines is 3. The van der Waals surface area contributed by atoms with Crippen LogP contribution in [0.3, 0.4) is 0 Å². The maximum atomic E-state index is 13.5. The van der Waals surface area contributed by atoms with Gasteiger partial charge in [0, 0.05) is 19.2 Å². The third-order valence-electron chi connectivity index (χ3n) is 7.13. The molecule has 3 aromatic carbocycles. The van der Waals surface area contributed by atoms with Crippen LogP contribution in [0.5, 0.6) is 0 Å². The first-order valence-electron chi connectivity index (χ1n) is 14.0. The van der Waals surface area contributed by atoms with Crippen molar-refractivity contribution in [3.05, 3.63) is 95.1 Å². The minimum Gasteiger partial charge on any atom is -0.397 e. The van der Waals surface area contributed by atoms with Crippen molar-refractivity contribution in [1.82, 2.24) is 10.2 Å². The smallest absolute Gasteiger partial charge is 0.397 e. The second-order valence-corrected chi connectivity index (χ2v) is 10.2. The van der Waals surface area contributed by atoms with Crippen LogP contribution in [-0.2, 0) is 15.8 Å². The number of halogens is 3. The molecule has 1 aliphatic rings. The number of benzene rings is 3. The minimum atomic E-state index is -4.61.